The molecule has 5 rings (SSSR count). The summed E-state index contributed by atoms with van der Waals surface area (Å²) in [6.45, 7) is 2.78. The van der Waals surface area contributed by atoms with Crippen LogP contribution in [0.4, 0.5) is 13.2 Å². The Hall–Kier alpha value is -4.29. The molecule has 1 N–H and O–H groups in total. The van der Waals surface area contributed by atoms with Crippen molar-refractivity contribution in [3.63, 3.8) is 0 Å². The van der Waals surface area contributed by atoms with Crippen molar-refractivity contribution in [2.45, 2.75) is 70.3 Å². The van der Waals surface area contributed by atoms with E-state index >= 15 is 0 Å². The van der Waals surface area contributed by atoms with Gasteiger partial charge in [-0.15, -0.1) is 0 Å². The van der Waals surface area contributed by atoms with Gasteiger partial charge in [-0.25, -0.2) is 9.67 Å². The van der Waals surface area contributed by atoms with Gasteiger partial charge < -0.3 is 15.1 Å². The van der Waals surface area contributed by atoms with Crippen LogP contribution in [0.5, 0.6) is 0 Å². The molecular weight excluding hydrogens is 563 g/mol. The van der Waals surface area contributed by atoms with Gasteiger partial charge in [0, 0.05) is 32.3 Å². The summed E-state index contributed by atoms with van der Waals surface area (Å²) in [6, 6.07) is 10.4. The molecule has 1 saturated heterocycles. The number of nitrogens with zero attached hydrogens (tertiary/aromatic N) is 6. The highest BCUT2D eigenvalue weighted by atomic mass is 19.4. The minimum absolute atomic E-state index is 0.0146. The number of piperidine rings is 1. The Labute approximate surface area is 247 Å². The fourth-order valence-corrected chi connectivity index (χ4v) is 5.69. The first-order valence-corrected chi connectivity index (χ1v) is 14.5. The van der Waals surface area contributed by atoms with Crippen LogP contribution < -0.4 is 5.32 Å². The summed E-state index contributed by atoms with van der Waals surface area (Å²) in [6.07, 6.45) is -0.643. The van der Waals surface area contributed by atoms with Crippen LogP contribution in [0.1, 0.15) is 71.4 Å². The number of pyridine rings is 1. The van der Waals surface area contributed by atoms with Crippen LogP contribution in [0, 0.1) is 6.92 Å². The molecule has 0 aliphatic carbocycles. The van der Waals surface area contributed by atoms with Crippen LogP contribution >= 0.6 is 0 Å². The van der Waals surface area contributed by atoms with E-state index in [-0.39, 0.29) is 43.4 Å². The first-order chi connectivity index (χ1) is 20.6. The topological polar surface area (TPSA) is 113 Å². The third kappa shape index (κ3) is 7.20. The van der Waals surface area contributed by atoms with Gasteiger partial charge in [-0.1, -0.05) is 30.3 Å². The lowest BCUT2D eigenvalue weighted by atomic mass is 9.99. The average Bonchev–Trinajstić information content (AvgIpc) is 3.38. The highest BCUT2D eigenvalue weighted by Gasteiger charge is 2.35. The Morgan fingerprint density at radius 2 is 1.79 bits per heavy atom. The van der Waals surface area contributed by atoms with Crippen LogP contribution in [0.3, 0.4) is 0 Å². The summed E-state index contributed by atoms with van der Waals surface area (Å²) in [4.78, 5) is 51.7. The summed E-state index contributed by atoms with van der Waals surface area (Å²) in [7, 11) is 0. The minimum atomic E-state index is -4.62. The van der Waals surface area contributed by atoms with Crippen LogP contribution in [0.25, 0.3) is 0 Å². The van der Waals surface area contributed by atoms with Gasteiger partial charge in [0.1, 0.15) is 23.4 Å². The summed E-state index contributed by atoms with van der Waals surface area (Å²) in [5.74, 6) is 0.114. The molecule has 13 heteroatoms. The molecule has 2 aliphatic rings. The van der Waals surface area contributed by atoms with E-state index in [1.54, 1.807) is 16.5 Å². The number of aryl methyl sites for hydroxylation is 1. The lowest BCUT2D eigenvalue weighted by Crippen LogP contribution is -2.53. The van der Waals surface area contributed by atoms with Crippen LogP contribution in [-0.4, -0.2) is 72.9 Å². The Bertz CT molecular complexity index is 1440. The van der Waals surface area contributed by atoms with Gasteiger partial charge >= 0.3 is 6.18 Å². The van der Waals surface area contributed by atoms with Crippen molar-refractivity contribution in [3.05, 3.63) is 77.1 Å². The molecule has 4 heterocycles. The van der Waals surface area contributed by atoms with E-state index in [9.17, 15) is 27.6 Å². The Morgan fingerprint density at radius 3 is 2.51 bits per heavy atom. The van der Waals surface area contributed by atoms with E-state index in [0.717, 1.165) is 36.7 Å². The molecule has 43 heavy (non-hydrogen) atoms. The molecule has 3 aromatic rings. The SMILES string of the molecule is Cc1nc2n(n1)CCN(C(=O)c1ccc(C(F)(F)F)nc1)CCCC(=O)N1CCCC[C@H]1C(=O)N[C@@H]2Cc1ccccc1. The normalized spacial score (nSPS) is 20.6. The second kappa shape index (κ2) is 12.9. The predicted molar refractivity (Wildman–Crippen MR) is 150 cm³/mol. The number of carbonyl (C=O) groups is 3. The molecule has 0 unspecified atom stereocenters. The van der Waals surface area contributed by atoms with Gasteiger partial charge in [0.15, 0.2) is 0 Å². The molecule has 10 nitrogen and oxygen atoms in total. The zero-order chi connectivity index (χ0) is 30.6. The Kier molecular flexibility index (Phi) is 9.07. The maximum absolute atomic E-state index is 13.7. The number of hydrogen-bond acceptors (Lipinski definition) is 6. The molecule has 2 aromatic heterocycles. The van der Waals surface area contributed by atoms with Crippen molar-refractivity contribution in [3.8, 4) is 0 Å². The summed E-state index contributed by atoms with van der Waals surface area (Å²) in [5, 5.41) is 7.70. The number of amides is 3. The van der Waals surface area contributed by atoms with Gasteiger partial charge in [-0.2, -0.15) is 18.3 Å². The maximum Gasteiger partial charge on any atom is 0.433 e. The zero-order valence-electron chi connectivity index (χ0n) is 23.9. The molecule has 3 amide bonds. The Balaban J connectivity index is 1.47. The standard InChI is InChI=1S/C30H34F3N7O3/c1-20-35-27-23(18-21-8-3-2-4-9-21)36-28(42)24-10-5-6-15-39(24)26(41)11-7-14-38(16-17-40(27)37-20)29(43)22-12-13-25(34-19-22)30(31,32)33/h2-4,8-9,12-13,19,23-24H,5-7,10-11,14-18H2,1H3,(H,36,42)/t23-,24+/m1/s1. The zero-order valence-corrected chi connectivity index (χ0v) is 23.9. The lowest BCUT2D eigenvalue weighted by Gasteiger charge is -2.36. The number of benzene rings is 1. The molecule has 1 fully saturated rings. The molecule has 1 aromatic carbocycles. The van der Waals surface area contributed by atoms with Crippen molar-refractivity contribution >= 4 is 17.7 Å². The van der Waals surface area contributed by atoms with Crippen LogP contribution in [0.2, 0.25) is 0 Å². The van der Waals surface area contributed by atoms with E-state index < -0.39 is 29.9 Å². The fourth-order valence-electron chi connectivity index (χ4n) is 5.69. The molecule has 0 radical (unpaired) electrons. The molecule has 0 saturated carbocycles. The van der Waals surface area contributed by atoms with Crippen molar-refractivity contribution in [2.24, 2.45) is 0 Å². The quantitative estimate of drug-likeness (QED) is 0.493. The average molecular weight is 598 g/mol. The van der Waals surface area contributed by atoms with Crippen LogP contribution in [-0.2, 0) is 28.7 Å². The fraction of sp³-hybridized carbons (Fsp3) is 0.467. The van der Waals surface area contributed by atoms with E-state index in [1.807, 2.05) is 30.3 Å². The molecule has 228 valence electrons. The predicted octanol–water partition coefficient (Wildman–Crippen LogP) is 3.72. The number of rotatable bonds is 3. The van der Waals surface area contributed by atoms with Gasteiger partial charge in [-0.3, -0.25) is 19.4 Å². The van der Waals surface area contributed by atoms with Gasteiger partial charge in [0.2, 0.25) is 11.8 Å². The number of hydrogen-bond donors (Lipinski definition) is 1. The first kappa shape index (κ1) is 30.2. The molecule has 2 atom stereocenters. The van der Waals surface area contributed by atoms with Gasteiger partial charge in [0.25, 0.3) is 5.91 Å². The maximum atomic E-state index is 13.7. The van der Waals surface area contributed by atoms with Crippen molar-refractivity contribution < 1.29 is 27.6 Å². The molecular formula is C30H34F3N7O3. The molecule has 0 bridgehead atoms. The lowest BCUT2D eigenvalue weighted by molar-refractivity contribution is -0.142. The summed E-state index contributed by atoms with van der Waals surface area (Å²) < 4.78 is 40.8. The number of fused-ring (bicyclic) bond motifs is 2. The third-order valence-electron chi connectivity index (χ3n) is 7.83. The highest BCUT2D eigenvalue weighted by molar-refractivity contribution is 5.94. The number of alkyl halides is 3. The van der Waals surface area contributed by atoms with E-state index in [0.29, 0.717) is 37.5 Å². The minimum Gasteiger partial charge on any atom is -0.344 e. The smallest absolute Gasteiger partial charge is 0.344 e. The third-order valence-corrected chi connectivity index (χ3v) is 7.83. The van der Waals surface area contributed by atoms with E-state index in [4.69, 9.17) is 0 Å². The van der Waals surface area contributed by atoms with Crippen molar-refractivity contribution in [1.82, 2.24) is 34.9 Å². The number of nitrogens with one attached hydrogen (secondary N) is 1. The summed E-state index contributed by atoms with van der Waals surface area (Å²) in [5.41, 5.74) is -0.0916. The van der Waals surface area contributed by atoms with Gasteiger partial charge in [-0.05, 0) is 56.7 Å². The van der Waals surface area contributed by atoms with Crippen LogP contribution in [0.15, 0.2) is 48.7 Å². The number of aromatic nitrogens is 4. The highest BCUT2D eigenvalue weighted by Crippen LogP contribution is 2.28. The number of carbonyl (C=O) groups excluding carboxylic acids is 3. The second-order valence-electron chi connectivity index (χ2n) is 10.9. The second-order valence-corrected chi connectivity index (χ2v) is 10.9. The van der Waals surface area contributed by atoms with Gasteiger partial charge in [0.05, 0.1) is 18.2 Å². The first-order valence-electron chi connectivity index (χ1n) is 14.5. The molecule has 0 spiro atoms. The monoisotopic (exact) mass is 597 g/mol. The summed E-state index contributed by atoms with van der Waals surface area (Å²) >= 11 is 0. The van der Waals surface area contributed by atoms with E-state index in [2.05, 4.69) is 20.4 Å². The number of halogens is 3. The molecule has 2 aliphatic heterocycles. The van der Waals surface area contributed by atoms with Crippen molar-refractivity contribution in [1.29, 1.82) is 0 Å². The van der Waals surface area contributed by atoms with E-state index in [1.165, 1.54) is 4.90 Å². The Morgan fingerprint density at radius 1 is 1.00 bits per heavy atom. The van der Waals surface area contributed by atoms with Crippen molar-refractivity contribution in [2.75, 3.05) is 19.6 Å². The largest absolute Gasteiger partial charge is 0.433 e.